The van der Waals surface area contributed by atoms with E-state index < -0.39 is 17.3 Å². The minimum Gasteiger partial charge on any atom is -0.497 e. The second kappa shape index (κ2) is 9.07. The SMILES string of the molecule is CCCOc1cc(OC)ccc1C(=O)NCC(C)(C(=O)O)c1ccccc1. The van der Waals surface area contributed by atoms with Crippen molar-refractivity contribution >= 4 is 11.9 Å². The van der Waals surface area contributed by atoms with Crippen LogP contribution in [0.15, 0.2) is 48.5 Å². The maximum atomic E-state index is 12.7. The minimum absolute atomic E-state index is 0.0512. The van der Waals surface area contributed by atoms with Gasteiger partial charge in [0.25, 0.3) is 5.91 Å². The highest BCUT2D eigenvalue weighted by atomic mass is 16.5. The normalized spacial score (nSPS) is 12.7. The van der Waals surface area contributed by atoms with Gasteiger partial charge in [0.05, 0.1) is 19.3 Å². The monoisotopic (exact) mass is 371 g/mol. The van der Waals surface area contributed by atoms with Gasteiger partial charge in [-0.25, -0.2) is 0 Å². The zero-order valence-electron chi connectivity index (χ0n) is 15.8. The average molecular weight is 371 g/mol. The Kier molecular flexibility index (Phi) is 6.82. The average Bonchev–Trinajstić information content (AvgIpc) is 2.70. The molecule has 0 saturated heterocycles. The summed E-state index contributed by atoms with van der Waals surface area (Å²) in [6, 6.07) is 13.8. The van der Waals surface area contributed by atoms with E-state index in [-0.39, 0.29) is 6.54 Å². The molecule has 1 atom stereocenters. The molecule has 0 saturated carbocycles. The number of carboxylic acid groups (broad SMARTS) is 1. The number of aliphatic carboxylic acids is 1. The lowest BCUT2D eigenvalue weighted by Crippen LogP contribution is -2.44. The number of hydrogen-bond acceptors (Lipinski definition) is 4. The van der Waals surface area contributed by atoms with Crippen molar-refractivity contribution < 1.29 is 24.2 Å². The van der Waals surface area contributed by atoms with E-state index in [1.54, 1.807) is 49.4 Å². The molecule has 0 radical (unpaired) electrons. The molecule has 27 heavy (non-hydrogen) atoms. The summed E-state index contributed by atoms with van der Waals surface area (Å²) in [7, 11) is 1.54. The summed E-state index contributed by atoms with van der Waals surface area (Å²) < 4.78 is 10.8. The third-order valence-electron chi connectivity index (χ3n) is 4.38. The molecule has 0 heterocycles. The maximum absolute atomic E-state index is 12.7. The highest BCUT2D eigenvalue weighted by molar-refractivity contribution is 5.97. The van der Waals surface area contributed by atoms with E-state index in [2.05, 4.69) is 5.32 Å². The third-order valence-corrected chi connectivity index (χ3v) is 4.38. The third kappa shape index (κ3) is 4.78. The number of hydrogen-bond donors (Lipinski definition) is 2. The lowest BCUT2D eigenvalue weighted by Gasteiger charge is -2.26. The molecule has 144 valence electrons. The van der Waals surface area contributed by atoms with Crippen molar-refractivity contribution in [3.05, 3.63) is 59.7 Å². The van der Waals surface area contributed by atoms with Gasteiger partial charge in [-0.2, -0.15) is 0 Å². The van der Waals surface area contributed by atoms with Crippen LogP contribution in [-0.4, -0.2) is 37.2 Å². The van der Waals surface area contributed by atoms with Gasteiger partial charge >= 0.3 is 5.97 Å². The number of amides is 1. The lowest BCUT2D eigenvalue weighted by molar-refractivity contribution is -0.142. The van der Waals surface area contributed by atoms with E-state index in [0.29, 0.717) is 29.2 Å². The minimum atomic E-state index is -1.24. The molecular formula is C21H25NO5. The summed E-state index contributed by atoms with van der Waals surface area (Å²) in [5, 5.41) is 12.4. The van der Waals surface area contributed by atoms with E-state index in [1.807, 2.05) is 13.0 Å². The van der Waals surface area contributed by atoms with Crippen molar-refractivity contribution in [1.29, 1.82) is 0 Å². The highest BCUT2D eigenvalue weighted by Crippen LogP contribution is 2.27. The predicted molar refractivity (Wildman–Crippen MR) is 103 cm³/mol. The van der Waals surface area contributed by atoms with Crippen molar-refractivity contribution in [1.82, 2.24) is 5.32 Å². The van der Waals surface area contributed by atoms with Crippen LogP contribution in [0.1, 0.15) is 36.2 Å². The molecule has 2 rings (SSSR count). The summed E-state index contributed by atoms with van der Waals surface area (Å²) >= 11 is 0. The Labute approximate surface area is 159 Å². The Morgan fingerprint density at radius 2 is 1.85 bits per heavy atom. The number of carboxylic acids is 1. The fraction of sp³-hybridized carbons (Fsp3) is 0.333. The standard InChI is InChI=1S/C21H25NO5/c1-4-12-27-18-13-16(26-3)10-11-17(18)19(23)22-14-21(2,20(24)25)15-8-6-5-7-9-15/h5-11,13H,4,12,14H2,1-3H3,(H,22,23)(H,24,25). The Bertz CT molecular complexity index is 790. The molecule has 6 nitrogen and oxygen atoms in total. The second-order valence-electron chi connectivity index (χ2n) is 6.40. The molecular weight excluding hydrogens is 346 g/mol. The number of ether oxygens (including phenoxy) is 2. The predicted octanol–water partition coefficient (Wildman–Crippen LogP) is 3.26. The lowest BCUT2D eigenvalue weighted by atomic mass is 9.82. The van der Waals surface area contributed by atoms with Crippen molar-refractivity contribution in [2.45, 2.75) is 25.7 Å². The molecule has 0 spiro atoms. The smallest absolute Gasteiger partial charge is 0.315 e. The summed E-state index contributed by atoms with van der Waals surface area (Å²) in [4.78, 5) is 24.6. The van der Waals surface area contributed by atoms with E-state index in [4.69, 9.17) is 9.47 Å². The molecule has 0 aliphatic heterocycles. The van der Waals surface area contributed by atoms with Gasteiger partial charge in [0, 0.05) is 12.6 Å². The highest BCUT2D eigenvalue weighted by Gasteiger charge is 2.35. The van der Waals surface area contributed by atoms with Crippen LogP contribution in [0.5, 0.6) is 11.5 Å². The van der Waals surface area contributed by atoms with Crippen LogP contribution >= 0.6 is 0 Å². The first-order valence-corrected chi connectivity index (χ1v) is 8.80. The Hall–Kier alpha value is -3.02. The first-order valence-electron chi connectivity index (χ1n) is 8.80. The number of benzene rings is 2. The zero-order chi connectivity index (χ0) is 19.9. The molecule has 1 amide bonds. The van der Waals surface area contributed by atoms with Gasteiger partial charge in [-0.15, -0.1) is 0 Å². The summed E-state index contributed by atoms with van der Waals surface area (Å²) in [5.41, 5.74) is -0.284. The fourth-order valence-corrected chi connectivity index (χ4v) is 2.61. The van der Waals surface area contributed by atoms with Gasteiger partial charge in [-0.1, -0.05) is 37.3 Å². The Balaban J connectivity index is 2.22. The van der Waals surface area contributed by atoms with Crippen molar-refractivity contribution in [3.63, 3.8) is 0 Å². The van der Waals surface area contributed by atoms with Crippen molar-refractivity contribution in [2.75, 3.05) is 20.3 Å². The Morgan fingerprint density at radius 3 is 2.44 bits per heavy atom. The number of carbonyl (C=O) groups is 2. The van der Waals surface area contributed by atoms with E-state index in [9.17, 15) is 14.7 Å². The molecule has 0 aromatic heterocycles. The number of nitrogens with one attached hydrogen (secondary N) is 1. The van der Waals surface area contributed by atoms with Gasteiger partial charge in [-0.05, 0) is 31.0 Å². The number of methoxy groups -OCH3 is 1. The van der Waals surface area contributed by atoms with E-state index >= 15 is 0 Å². The summed E-state index contributed by atoms with van der Waals surface area (Å²) in [6.45, 7) is 3.97. The van der Waals surface area contributed by atoms with Crippen LogP contribution in [0.4, 0.5) is 0 Å². The van der Waals surface area contributed by atoms with Crippen LogP contribution in [0, 0.1) is 0 Å². The quantitative estimate of drug-likeness (QED) is 0.707. The summed E-state index contributed by atoms with van der Waals surface area (Å²) in [6.07, 6.45) is 0.795. The van der Waals surface area contributed by atoms with Crippen molar-refractivity contribution in [3.8, 4) is 11.5 Å². The number of carbonyl (C=O) groups excluding carboxylic acids is 1. The van der Waals surface area contributed by atoms with Crippen molar-refractivity contribution in [2.24, 2.45) is 0 Å². The molecule has 1 unspecified atom stereocenters. The van der Waals surface area contributed by atoms with Gasteiger partial charge in [0.2, 0.25) is 0 Å². The van der Waals surface area contributed by atoms with Gasteiger partial charge in [0.1, 0.15) is 16.9 Å². The Morgan fingerprint density at radius 1 is 1.15 bits per heavy atom. The van der Waals surface area contributed by atoms with Gasteiger partial charge in [0.15, 0.2) is 0 Å². The molecule has 2 N–H and O–H groups in total. The van der Waals surface area contributed by atoms with Crippen LogP contribution in [0.2, 0.25) is 0 Å². The van der Waals surface area contributed by atoms with Crippen LogP contribution < -0.4 is 14.8 Å². The summed E-state index contributed by atoms with van der Waals surface area (Å²) in [5.74, 6) is -0.416. The van der Waals surface area contributed by atoms with Crippen LogP contribution in [-0.2, 0) is 10.2 Å². The second-order valence-corrected chi connectivity index (χ2v) is 6.40. The first kappa shape index (κ1) is 20.3. The molecule has 6 heteroatoms. The fourth-order valence-electron chi connectivity index (χ4n) is 2.61. The van der Waals surface area contributed by atoms with Gasteiger partial charge < -0.3 is 19.9 Å². The molecule has 2 aromatic carbocycles. The first-order chi connectivity index (χ1) is 12.9. The van der Waals surface area contributed by atoms with Crippen LogP contribution in [0.25, 0.3) is 0 Å². The van der Waals surface area contributed by atoms with E-state index in [1.165, 1.54) is 7.11 Å². The number of rotatable bonds is 9. The van der Waals surface area contributed by atoms with Gasteiger partial charge in [-0.3, -0.25) is 9.59 Å². The maximum Gasteiger partial charge on any atom is 0.315 e. The molecule has 2 aromatic rings. The van der Waals surface area contributed by atoms with Crippen LogP contribution in [0.3, 0.4) is 0 Å². The molecule has 0 bridgehead atoms. The molecule has 0 aliphatic carbocycles. The molecule has 0 aliphatic rings. The topological polar surface area (TPSA) is 84.9 Å². The molecule has 0 fully saturated rings. The van der Waals surface area contributed by atoms with E-state index in [0.717, 1.165) is 6.42 Å². The largest absolute Gasteiger partial charge is 0.497 e. The zero-order valence-corrected chi connectivity index (χ0v) is 15.8.